The molecular weight excluding hydrogens is 492 g/mol. The Bertz CT molecular complexity index is 1440. The van der Waals surface area contributed by atoms with Gasteiger partial charge >= 0.3 is 5.00 Å². The van der Waals surface area contributed by atoms with E-state index in [1.165, 1.54) is 12.1 Å². The van der Waals surface area contributed by atoms with Crippen LogP contribution in [0.3, 0.4) is 0 Å². The number of amides is 2. The zero-order valence-corrected chi connectivity index (χ0v) is 20.9. The van der Waals surface area contributed by atoms with Crippen LogP contribution in [0.25, 0.3) is 5.69 Å². The first-order valence-electron chi connectivity index (χ1n) is 11.8. The topological polar surface area (TPSA) is 123 Å². The Labute approximate surface area is 216 Å². The molecule has 3 aromatic heterocycles. The molecule has 0 saturated carbocycles. The van der Waals surface area contributed by atoms with Gasteiger partial charge in [-0.25, -0.2) is 4.98 Å². The number of benzene rings is 1. The van der Waals surface area contributed by atoms with Gasteiger partial charge in [0.05, 0.1) is 27.4 Å². The van der Waals surface area contributed by atoms with Crippen molar-refractivity contribution in [2.75, 3.05) is 18.4 Å². The predicted octanol–water partition coefficient (Wildman–Crippen LogP) is 4.82. The summed E-state index contributed by atoms with van der Waals surface area (Å²) in [4.78, 5) is 47.4. The Morgan fingerprint density at radius 3 is 2.49 bits per heavy atom. The lowest BCUT2D eigenvalue weighted by Crippen LogP contribution is -2.38. The van der Waals surface area contributed by atoms with Crippen LogP contribution < -0.4 is 5.32 Å². The highest BCUT2D eigenvalue weighted by atomic mass is 32.1. The van der Waals surface area contributed by atoms with Crippen molar-refractivity contribution in [2.45, 2.75) is 25.7 Å². The van der Waals surface area contributed by atoms with Gasteiger partial charge in [0, 0.05) is 54.5 Å². The number of rotatable bonds is 6. The monoisotopic (exact) mass is 516 g/mol. The van der Waals surface area contributed by atoms with Crippen molar-refractivity contribution in [1.82, 2.24) is 19.4 Å². The smallest absolute Gasteiger partial charge is 0.324 e. The van der Waals surface area contributed by atoms with Gasteiger partial charge in [0.15, 0.2) is 0 Å². The van der Waals surface area contributed by atoms with Crippen molar-refractivity contribution < 1.29 is 14.5 Å². The number of piperidine rings is 1. The van der Waals surface area contributed by atoms with E-state index in [0.29, 0.717) is 42.1 Å². The maximum Gasteiger partial charge on any atom is 0.324 e. The molecule has 0 atom stereocenters. The van der Waals surface area contributed by atoms with Crippen LogP contribution in [0.15, 0.2) is 67.3 Å². The number of nitro groups is 1. The van der Waals surface area contributed by atoms with Gasteiger partial charge in [0.2, 0.25) is 0 Å². The van der Waals surface area contributed by atoms with E-state index in [-0.39, 0.29) is 22.7 Å². The first-order valence-corrected chi connectivity index (χ1v) is 12.6. The van der Waals surface area contributed by atoms with Crippen molar-refractivity contribution in [1.29, 1.82) is 0 Å². The molecular formula is C26H24N6O4S. The SMILES string of the molecule is Cc1ccc(C(=O)Nc2ccc(-n3ccnc3)cc2)c(C2CCN(C(=O)c3ccc([N+](=O)[O-])s3)CC2)n1. The van der Waals surface area contributed by atoms with Crippen LogP contribution in [0.4, 0.5) is 10.7 Å². The molecule has 1 N–H and O–H groups in total. The van der Waals surface area contributed by atoms with E-state index in [0.717, 1.165) is 28.4 Å². The number of imidazole rings is 1. The normalized spacial score (nSPS) is 13.9. The fourth-order valence-corrected chi connectivity index (χ4v) is 5.25. The van der Waals surface area contributed by atoms with E-state index >= 15 is 0 Å². The standard InChI is InChI=1S/C26H24N6O4S/c1-17-2-7-21(25(33)29-19-3-5-20(6-4-19)31-15-12-27-16-31)24(28-17)18-10-13-30(14-11-18)26(34)22-8-9-23(37-22)32(35)36/h2-9,12,15-16,18H,10-11,13-14H2,1H3,(H,29,33). The summed E-state index contributed by atoms with van der Waals surface area (Å²) in [5.74, 6) is -0.417. The first kappa shape index (κ1) is 24.3. The predicted molar refractivity (Wildman–Crippen MR) is 139 cm³/mol. The number of anilines is 1. The van der Waals surface area contributed by atoms with Crippen molar-refractivity contribution in [3.63, 3.8) is 0 Å². The lowest BCUT2D eigenvalue weighted by Gasteiger charge is -2.32. The summed E-state index contributed by atoms with van der Waals surface area (Å²) in [5, 5.41) is 13.9. The number of likely N-dealkylation sites (tertiary alicyclic amines) is 1. The maximum absolute atomic E-state index is 13.2. The number of aromatic nitrogens is 3. The summed E-state index contributed by atoms with van der Waals surface area (Å²) >= 11 is 0.889. The third kappa shape index (κ3) is 5.26. The molecule has 0 radical (unpaired) electrons. The average Bonchev–Trinajstić information content (AvgIpc) is 3.62. The lowest BCUT2D eigenvalue weighted by molar-refractivity contribution is -0.380. The number of nitrogens with zero attached hydrogens (tertiary/aromatic N) is 5. The third-order valence-electron chi connectivity index (χ3n) is 6.39. The van der Waals surface area contributed by atoms with Crippen LogP contribution in [0.1, 0.15) is 50.2 Å². The van der Waals surface area contributed by atoms with Gasteiger partial charge in [-0.1, -0.05) is 11.3 Å². The number of aryl methyl sites for hydroxylation is 1. The number of carbonyl (C=O) groups is 2. The molecule has 4 heterocycles. The number of nitrogens with one attached hydrogen (secondary N) is 1. The molecule has 4 aromatic rings. The van der Waals surface area contributed by atoms with Crippen LogP contribution in [0.5, 0.6) is 0 Å². The summed E-state index contributed by atoms with van der Waals surface area (Å²) in [5.41, 5.74) is 3.67. The number of carbonyl (C=O) groups excluding carboxylic acids is 2. The molecule has 188 valence electrons. The lowest BCUT2D eigenvalue weighted by atomic mass is 9.89. The second kappa shape index (κ2) is 10.3. The molecule has 0 bridgehead atoms. The molecule has 1 aromatic carbocycles. The molecule has 37 heavy (non-hydrogen) atoms. The van der Waals surface area contributed by atoms with Crippen molar-refractivity contribution in [3.8, 4) is 5.69 Å². The fraction of sp³-hybridized carbons (Fsp3) is 0.231. The van der Waals surface area contributed by atoms with Gasteiger partial charge in [-0.15, -0.1) is 0 Å². The number of hydrogen-bond acceptors (Lipinski definition) is 7. The summed E-state index contributed by atoms with van der Waals surface area (Å²) in [6, 6.07) is 14.0. The number of pyridine rings is 1. The van der Waals surface area contributed by atoms with E-state index in [2.05, 4.69) is 10.3 Å². The van der Waals surface area contributed by atoms with E-state index in [1.807, 2.05) is 48.0 Å². The molecule has 1 aliphatic heterocycles. The van der Waals surface area contributed by atoms with E-state index in [9.17, 15) is 19.7 Å². The van der Waals surface area contributed by atoms with Crippen LogP contribution in [0, 0.1) is 17.0 Å². The average molecular weight is 517 g/mol. The molecule has 1 aliphatic rings. The van der Waals surface area contributed by atoms with Gasteiger partial charge in [-0.05, 0) is 62.2 Å². The summed E-state index contributed by atoms with van der Waals surface area (Å²) < 4.78 is 1.88. The van der Waals surface area contributed by atoms with Gasteiger partial charge < -0.3 is 14.8 Å². The number of thiophene rings is 1. The van der Waals surface area contributed by atoms with E-state index in [1.54, 1.807) is 23.5 Å². The van der Waals surface area contributed by atoms with E-state index in [4.69, 9.17) is 4.98 Å². The molecule has 1 saturated heterocycles. The quantitative estimate of drug-likeness (QED) is 0.290. The molecule has 11 heteroatoms. The highest BCUT2D eigenvalue weighted by Crippen LogP contribution is 2.32. The summed E-state index contributed by atoms with van der Waals surface area (Å²) in [6.07, 6.45) is 6.56. The summed E-state index contributed by atoms with van der Waals surface area (Å²) in [7, 11) is 0. The highest BCUT2D eigenvalue weighted by molar-refractivity contribution is 7.17. The molecule has 10 nitrogen and oxygen atoms in total. The minimum atomic E-state index is -0.488. The molecule has 0 unspecified atom stereocenters. The third-order valence-corrected chi connectivity index (χ3v) is 7.41. The van der Waals surface area contributed by atoms with Crippen LogP contribution in [-0.2, 0) is 0 Å². The van der Waals surface area contributed by atoms with Gasteiger partial charge in [0.25, 0.3) is 11.8 Å². The Balaban J connectivity index is 1.27. The van der Waals surface area contributed by atoms with Gasteiger partial charge in [-0.3, -0.25) is 24.7 Å². The first-order chi connectivity index (χ1) is 17.9. The Kier molecular flexibility index (Phi) is 6.78. The largest absolute Gasteiger partial charge is 0.338 e. The van der Waals surface area contributed by atoms with Gasteiger partial charge in [0.1, 0.15) is 0 Å². The Hall–Kier alpha value is -4.38. The fourth-order valence-electron chi connectivity index (χ4n) is 4.46. The zero-order valence-electron chi connectivity index (χ0n) is 20.0. The minimum absolute atomic E-state index is 0.0194. The minimum Gasteiger partial charge on any atom is -0.338 e. The van der Waals surface area contributed by atoms with E-state index < -0.39 is 4.92 Å². The maximum atomic E-state index is 13.2. The number of hydrogen-bond donors (Lipinski definition) is 1. The molecule has 1 fully saturated rings. The Morgan fingerprint density at radius 2 is 1.84 bits per heavy atom. The molecule has 0 spiro atoms. The van der Waals surface area contributed by atoms with Crippen molar-refractivity contribution in [3.05, 3.63) is 99.2 Å². The summed E-state index contributed by atoms with van der Waals surface area (Å²) in [6.45, 7) is 2.87. The van der Waals surface area contributed by atoms with Crippen molar-refractivity contribution in [2.24, 2.45) is 0 Å². The Morgan fingerprint density at radius 1 is 1.08 bits per heavy atom. The van der Waals surface area contributed by atoms with Crippen LogP contribution in [0.2, 0.25) is 0 Å². The zero-order chi connectivity index (χ0) is 25.9. The highest BCUT2D eigenvalue weighted by Gasteiger charge is 2.29. The molecule has 5 rings (SSSR count). The van der Waals surface area contributed by atoms with Crippen molar-refractivity contribution >= 4 is 33.8 Å². The van der Waals surface area contributed by atoms with Crippen LogP contribution >= 0.6 is 11.3 Å². The second-order valence-corrected chi connectivity index (χ2v) is 9.88. The molecule has 0 aliphatic carbocycles. The van der Waals surface area contributed by atoms with Crippen LogP contribution in [-0.4, -0.2) is 49.3 Å². The molecule has 2 amide bonds. The van der Waals surface area contributed by atoms with Gasteiger partial charge in [-0.2, -0.15) is 0 Å². The second-order valence-electron chi connectivity index (χ2n) is 8.82.